The number of carbonyl (C=O) groups excluding carboxylic acids is 2. The number of nitrogens with one attached hydrogen (secondary N) is 3. The Bertz CT molecular complexity index is 1630. The average Bonchev–Trinajstić information content (AvgIpc) is 3.39. The zero-order valence-corrected chi connectivity index (χ0v) is 26.5. The number of rotatable bonds is 10. The second-order valence-electron chi connectivity index (χ2n) is 13.0. The van der Waals surface area contributed by atoms with Gasteiger partial charge in [0.15, 0.2) is 5.82 Å². The molecule has 1 saturated heterocycles. The number of hydrogen-bond donors (Lipinski definition) is 3. The van der Waals surface area contributed by atoms with Gasteiger partial charge in [-0.3, -0.25) is 9.59 Å². The Morgan fingerprint density at radius 2 is 2.00 bits per heavy atom. The van der Waals surface area contributed by atoms with Crippen LogP contribution >= 0.6 is 0 Å². The van der Waals surface area contributed by atoms with Crippen LogP contribution in [0.25, 0.3) is 0 Å². The van der Waals surface area contributed by atoms with Gasteiger partial charge in [0.25, 0.3) is 5.91 Å². The number of tetrazole rings is 1. The number of hydrogen-bond acceptors (Lipinski definition) is 7. The van der Waals surface area contributed by atoms with E-state index in [1.54, 1.807) is 0 Å². The molecule has 2 heterocycles. The number of allylic oxidation sites excluding steroid dienone is 2. The van der Waals surface area contributed by atoms with E-state index in [1.807, 2.05) is 30.0 Å². The maximum absolute atomic E-state index is 13.7. The molecule has 6 rings (SSSR count). The minimum Gasteiger partial charge on any atom is -0.352 e. The van der Waals surface area contributed by atoms with E-state index in [4.69, 9.17) is 0 Å². The van der Waals surface area contributed by atoms with Gasteiger partial charge < -0.3 is 15.5 Å². The van der Waals surface area contributed by atoms with Crippen LogP contribution in [0.5, 0.6) is 0 Å². The minimum absolute atomic E-state index is 0.0268. The smallest absolute Gasteiger partial charge is 0.251 e. The van der Waals surface area contributed by atoms with E-state index in [0.29, 0.717) is 42.6 Å². The van der Waals surface area contributed by atoms with Crippen LogP contribution < -0.4 is 10.6 Å². The van der Waals surface area contributed by atoms with Crippen LogP contribution in [-0.2, 0) is 23.1 Å². The average molecular weight is 607 g/mol. The fourth-order valence-electron chi connectivity index (χ4n) is 7.74. The first kappa shape index (κ1) is 30.7. The van der Waals surface area contributed by atoms with Gasteiger partial charge >= 0.3 is 0 Å². The fraction of sp³-hybridized carbons (Fsp3) is 0.486. The second-order valence-corrected chi connectivity index (χ2v) is 13.0. The van der Waals surface area contributed by atoms with Crippen molar-refractivity contribution in [3.05, 3.63) is 87.8 Å². The Labute approximate surface area is 264 Å². The molecule has 2 amide bonds. The van der Waals surface area contributed by atoms with Crippen LogP contribution in [-0.4, -0.2) is 68.6 Å². The van der Waals surface area contributed by atoms with Crippen molar-refractivity contribution in [2.45, 2.75) is 83.3 Å². The predicted molar refractivity (Wildman–Crippen MR) is 170 cm³/mol. The Balaban J connectivity index is 1.37. The molecule has 1 saturated carbocycles. The van der Waals surface area contributed by atoms with Crippen molar-refractivity contribution in [1.82, 2.24) is 36.2 Å². The summed E-state index contributed by atoms with van der Waals surface area (Å²) in [4.78, 5) is 28.3. The second kappa shape index (κ2) is 12.6. The molecule has 45 heavy (non-hydrogen) atoms. The van der Waals surface area contributed by atoms with Crippen molar-refractivity contribution in [3.8, 4) is 6.07 Å². The number of piperidine rings is 1. The maximum Gasteiger partial charge on any atom is 0.251 e. The number of aryl methyl sites for hydroxylation is 2. The summed E-state index contributed by atoms with van der Waals surface area (Å²) >= 11 is 0. The number of H-pyrrole nitrogens is 1. The molecule has 6 atom stereocenters. The molecule has 1 aliphatic heterocycles. The van der Waals surface area contributed by atoms with E-state index in [9.17, 15) is 14.9 Å². The lowest BCUT2D eigenvalue weighted by Crippen LogP contribution is -2.48. The van der Waals surface area contributed by atoms with Crippen molar-refractivity contribution in [1.29, 1.82) is 5.26 Å². The van der Waals surface area contributed by atoms with Crippen LogP contribution in [0.3, 0.4) is 0 Å². The van der Waals surface area contributed by atoms with Crippen molar-refractivity contribution < 1.29 is 9.59 Å². The van der Waals surface area contributed by atoms with Gasteiger partial charge in [0.05, 0.1) is 18.0 Å². The molecule has 5 unspecified atom stereocenters. The molecule has 234 valence electrons. The summed E-state index contributed by atoms with van der Waals surface area (Å²) in [6.07, 6.45) is 5.84. The molecule has 0 spiro atoms. The molecule has 1 aromatic heterocycles. The number of nitrogens with zero attached hydrogens (tertiary/aromatic N) is 5. The van der Waals surface area contributed by atoms with E-state index >= 15 is 0 Å². The predicted octanol–water partition coefficient (Wildman–Crippen LogP) is 3.79. The highest BCUT2D eigenvalue weighted by atomic mass is 16.2. The first-order valence-corrected chi connectivity index (χ1v) is 16.1. The third kappa shape index (κ3) is 5.77. The van der Waals surface area contributed by atoms with Gasteiger partial charge in [-0.15, -0.1) is 10.2 Å². The molecular weight excluding hydrogens is 564 g/mol. The number of amides is 2. The Kier molecular flexibility index (Phi) is 8.56. The van der Waals surface area contributed by atoms with Gasteiger partial charge in [-0.25, -0.2) is 0 Å². The molecule has 3 aliphatic rings. The molecule has 0 radical (unpaired) electrons. The first-order valence-electron chi connectivity index (χ1n) is 16.1. The molecule has 3 N–H and O–H groups in total. The molecular formula is C35H42N8O2. The summed E-state index contributed by atoms with van der Waals surface area (Å²) in [7, 11) is 0. The molecule has 2 aliphatic carbocycles. The zero-order valence-electron chi connectivity index (χ0n) is 26.5. The number of fused-ring (bicyclic) bond motifs is 2. The van der Waals surface area contributed by atoms with E-state index in [2.05, 4.69) is 88.4 Å². The highest BCUT2D eigenvalue weighted by Crippen LogP contribution is 2.53. The topological polar surface area (TPSA) is 140 Å². The van der Waals surface area contributed by atoms with Crippen LogP contribution in [0.2, 0.25) is 0 Å². The van der Waals surface area contributed by atoms with Gasteiger partial charge in [-0.1, -0.05) is 59.7 Å². The Morgan fingerprint density at radius 1 is 1.20 bits per heavy atom. The standard InChI is InChI=1S/C35H42N8O2/c1-5-37-33(45)26-13-14-30-25(16-26)8-6-7-22(3)35(30,34-39-41-42-40-34)18-27(15-24-11-9-21(2)10-12-24)38-20-31(44)43-28(19-36)17-29-23(4)32(29)43/h7,9-14,16,23,27-29,32,38H,5-6,8,15,17-18,20H2,1-4H3,(H,37,45)(H,39,40,41,42)/t23?,27-,28?,29?,32?,35?/m1/s1. The normalized spacial score (nSPS) is 25.8. The molecule has 0 bridgehead atoms. The van der Waals surface area contributed by atoms with E-state index in [1.165, 1.54) is 5.56 Å². The number of aromatic amines is 1. The van der Waals surface area contributed by atoms with E-state index in [0.717, 1.165) is 41.5 Å². The van der Waals surface area contributed by atoms with Crippen molar-refractivity contribution in [3.63, 3.8) is 0 Å². The van der Waals surface area contributed by atoms with Crippen molar-refractivity contribution >= 4 is 11.8 Å². The number of carbonyl (C=O) groups is 2. The fourth-order valence-corrected chi connectivity index (χ4v) is 7.74. The number of nitriles is 1. The molecule has 10 heteroatoms. The highest BCUT2D eigenvalue weighted by molar-refractivity contribution is 5.94. The summed E-state index contributed by atoms with van der Waals surface area (Å²) in [5, 5.41) is 32.1. The maximum atomic E-state index is 13.7. The van der Waals surface area contributed by atoms with Gasteiger partial charge in [-0.05, 0) is 93.5 Å². The van der Waals surface area contributed by atoms with E-state index < -0.39 is 5.41 Å². The highest BCUT2D eigenvalue weighted by Gasteiger charge is 2.60. The largest absolute Gasteiger partial charge is 0.352 e. The SMILES string of the molecule is CCNC(=O)c1ccc2c(c1)CCC=C(C)C2(C[C@@H](Cc1ccc(C)cc1)NCC(=O)N1C(C#N)CC2C(C)C21)c1nn[nH]n1. The third-order valence-electron chi connectivity index (χ3n) is 10.2. The number of aromatic nitrogens is 4. The summed E-state index contributed by atoms with van der Waals surface area (Å²) in [6, 6.07) is 16.4. The summed E-state index contributed by atoms with van der Waals surface area (Å²) in [5.74, 6) is 1.32. The number of benzene rings is 2. The molecule has 10 nitrogen and oxygen atoms in total. The molecule has 2 fully saturated rings. The quantitative estimate of drug-likeness (QED) is 0.299. The van der Waals surface area contributed by atoms with Gasteiger partial charge in [0, 0.05) is 24.2 Å². The van der Waals surface area contributed by atoms with Crippen molar-refractivity contribution in [2.24, 2.45) is 11.8 Å². The Hall–Kier alpha value is -4.36. The third-order valence-corrected chi connectivity index (χ3v) is 10.2. The lowest BCUT2D eigenvalue weighted by Gasteiger charge is -2.37. The first-order chi connectivity index (χ1) is 21.8. The van der Waals surface area contributed by atoms with Gasteiger partial charge in [0.2, 0.25) is 5.91 Å². The lowest BCUT2D eigenvalue weighted by molar-refractivity contribution is -0.131. The van der Waals surface area contributed by atoms with Crippen LogP contribution in [0, 0.1) is 30.1 Å². The summed E-state index contributed by atoms with van der Waals surface area (Å²) in [6.45, 7) is 8.97. The monoisotopic (exact) mass is 606 g/mol. The summed E-state index contributed by atoms with van der Waals surface area (Å²) < 4.78 is 0. The van der Waals surface area contributed by atoms with E-state index in [-0.39, 0.29) is 36.5 Å². The number of likely N-dealkylation sites (tertiary alicyclic amines) is 1. The van der Waals surface area contributed by atoms with Gasteiger partial charge in [-0.2, -0.15) is 10.5 Å². The van der Waals surface area contributed by atoms with Crippen LogP contribution in [0.1, 0.15) is 78.5 Å². The Morgan fingerprint density at radius 3 is 2.71 bits per heavy atom. The molecule has 3 aromatic rings. The van der Waals surface area contributed by atoms with Gasteiger partial charge in [0.1, 0.15) is 6.04 Å². The van der Waals surface area contributed by atoms with Crippen molar-refractivity contribution in [2.75, 3.05) is 13.1 Å². The summed E-state index contributed by atoms with van der Waals surface area (Å²) in [5.41, 5.74) is 5.45. The minimum atomic E-state index is -0.747. The zero-order chi connectivity index (χ0) is 31.7. The van der Waals surface area contributed by atoms with Crippen LogP contribution in [0.15, 0.2) is 54.1 Å². The molecule has 2 aromatic carbocycles. The van der Waals surface area contributed by atoms with Crippen LogP contribution in [0.4, 0.5) is 0 Å². The lowest BCUT2D eigenvalue weighted by atomic mass is 9.68.